The maximum Gasteiger partial charge on any atom is 0.266 e. The number of hydrogen-bond acceptors (Lipinski definition) is 5. The van der Waals surface area contributed by atoms with Gasteiger partial charge in [0.25, 0.3) is 5.91 Å². The van der Waals surface area contributed by atoms with E-state index in [1.807, 2.05) is 38.1 Å². The zero-order valence-corrected chi connectivity index (χ0v) is 17.1. The number of ether oxygens (including phenoxy) is 2. The van der Waals surface area contributed by atoms with E-state index in [1.54, 1.807) is 30.3 Å². The van der Waals surface area contributed by atoms with Crippen LogP contribution in [-0.4, -0.2) is 19.1 Å². The van der Waals surface area contributed by atoms with Crippen LogP contribution >= 0.6 is 0 Å². The first kappa shape index (κ1) is 22.3. The molecule has 0 heterocycles. The summed E-state index contributed by atoms with van der Waals surface area (Å²) in [5, 5.41) is 21.1. The molecule has 152 valence electrons. The lowest BCUT2D eigenvalue weighted by Crippen LogP contribution is -2.13. The predicted octanol–water partition coefficient (Wildman–Crippen LogP) is 4.57. The van der Waals surface area contributed by atoms with Crippen molar-refractivity contribution in [1.29, 1.82) is 10.5 Å². The average Bonchev–Trinajstić information content (AvgIpc) is 2.73. The second-order valence-electron chi connectivity index (χ2n) is 6.37. The van der Waals surface area contributed by atoms with E-state index in [2.05, 4.69) is 11.9 Å². The third kappa shape index (κ3) is 5.98. The van der Waals surface area contributed by atoms with Crippen molar-refractivity contribution in [3.05, 3.63) is 71.3 Å². The van der Waals surface area contributed by atoms with Crippen LogP contribution in [0.2, 0.25) is 0 Å². The van der Waals surface area contributed by atoms with Gasteiger partial charge in [0.1, 0.15) is 17.7 Å². The second kappa shape index (κ2) is 11.1. The van der Waals surface area contributed by atoms with Crippen molar-refractivity contribution >= 4 is 17.7 Å². The van der Waals surface area contributed by atoms with E-state index in [1.165, 1.54) is 6.08 Å². The van der Waals surface area contributed by atoms with Crippen LogP contribution in [0, 0.1) is 29.6 Å². The molecule has 2 aromatic carbocycles. The number of amides is 1. The summed E-state index contributed by atoms with van der Waals surface area (Å²) in [6.45, 7) is 7.80. The fourth-order valence-electron chi connectivity index (χ4n) is 2.76. The highest BCUT2D eigenvalue weighted by Gasteiger charge is 2.15. The molecular formula is C24H23N3O3. The molecule has 0 aliphatic rings. The lowest BCUT2D eigenvalue weighted by atomic mass is 10.0. The van der Waals surface area contributed by atoms with Gasteiger partial charge < -0.3 is 14.8 Å². The molecule has 0 unspecified atom stereocenters. The minimum Gasteiger partial charge on any atom is -0.490 e. The highest BCUT2D eigenvalue weighted by atomic mass is 16.5. The van der Waals surface area contributed by atoms with Crippen LogP contribution in [0.5, 0.6) is 11.5 Å². The molecular weight excluding hydrogens is 378 g/mol. The summed E-state index contributed by atoms with van der Waals surface area (Å²) in [4.78, 5) is 12.6. The number of nitrogens with zero attached hydrogens (tertiary/aromatic N) is 2. The van der Waals surface area contributed by atoms with Crippen LogP contribution in [0.4, 0.5) is 5.69 Å². The predicted molar refractivity (Wildman–Crippen MR) is 116 cm³/mol. The smallest absolute Gasteiger partial charge is 0.266 e. The van der Waals surface area contributed by atoms with Gasteiger partial charge in [-0.25, -0.2) is 0 Å². The molecule has 0 aromatic heterocycles. The summed E-state index contributed by atoms with van der Waals surface area (Å²) >= 11 is 0. The first-order valence-corrected chi connectivity index (χ1v) is 9.42. The topological polar surface area (TPSA) is 95.1 Å². The molecule has 0 atom stereocenters. The SMILES string of the molecule is C=CCc1cc(/C=C(/C#N)C(=O)Nc2ccc(C)cc2)cc(OCC)c1OCC#N. The normalized spacial score (nSPS) is 10.5. The Labute approximate surface area is 176 Å². The lowest BCUT2D eigenvalue weighted by molar-refractivity contribution is -0.112. The van der Waals surface area contributed by atoms with Crippen LogP contribution < -0.4 is 14.8 Å². The number of rotatable bonds is 9. The first-order valence-electron chi connectivity index (χ1n) is 9.42. The van der Waals surface area contributed by atoms with E-state index in [9.17, 15) is 10.1 Å². The summed E-state index contributed by atoms with van der Waals surface area (Å²) < 4.78 is 11.2. The Bertz CT molecular complexity index is 1030. The zero-order valence-electron chi connectivity index (χ0n) is 17.1. The molecule has 0 radical (unpaired) electrons. The van der Waals surface area contributed by atoms with Gasteiger partial charge in [0.15, 0.2) is 18.1 Å². The van der Waals surface area contributed by atoms with E-state index in [-0.39, 0.29) is 12.2 Å². The van der Waals surface area contributed by atoms with Crippen LogP contribution in [0.15, 0.2) is 54.6 Å². The molecule has 30 heavy (non-hydrogen) atoms. The Morgan fingerprint density at radius 3 is 2.53 bits per heavy atom. The molecule has 0 spiro atoms. The van der Waals surface area contributed by atoms with E-state index in [0.717, 1.165) is 11.1 Å². The minimum atomic E-state index is -0.505. The largest absolute Gasteiger partial charge is 0.490 e. The van der Waals surface area contributed by atoms with Gasteiger partial charge in [0, 0.05) is 11.3 Å². The van der Waals surface area contributed by atoms with Crippen LogP contribution in [-0.2, 0) is 11.2 Å². The Balaban J connectivity index is 2.41. The van der Waals surface area contributed by atoms with Gasteiger partial charge in [-0.1, -0.05) is 23.8 Å². The molecule has 2 rings (SSSR count). The Kier molecular flexibility index (Phi) is 8.23. The standard InChI is InChI=1S/C24H23N3O3/c1-4-6-19-13-18(15-22(29-5-2)23(19)30-12-11-25)14-20(16-26)24(28)27-21-9-7-17(3)8-10-21/h4,7-10,13-15H,1,5-6,12H2,2-3H3,(H,27,28)/b20-14-. The fraction of sp³-hybridized carbons (Fsp3) is 0.208. The van der Waals surface area contributed by atoms with Gasteiger partial charge in [-0.3, -0.25) is 4.79 Å². The summed E-state index contributed by atoms with van der Waals surface area (Å²) in [6, 6.07) is 14.7. The zero-order chi connectivity index (χ0) is 21.9. The van der Waals surface area contributed by atoms with Gasteiger partial charge in [0.05, 0.1) is 6.61 Å². The molecule has 0 aliphatic heterocycles. The molecule has 0 saturated heterocycles. The molecule has 0 bridgehead atoms. The molecule has 6 nitrogen and oxygen atoms in total. The molecule has 1 N–H and O–H groups in total. The molecule has 0 fully saturated rings. The van der Waals surface area contributed by atoms with Crippen molar-refractivity contribution in [3.63, 3.8) is 0 Å². The summed E-state index contributed by atoms with van der Waals surface area (Å²) in [6.07, 6.45) is 3.67. The minimum absolute atomic E-state index is 0.0479. The van der Waals surface area contributed by atoms with Gasteiger partial charge in [-0.2, -0.15) is 10.5 Å². The number of aryl methyl sites for hydroxylation is 1. The molecule has 6 heteroatoms. The Morgan fingerprint density at radius 2 is 1.93 bits per heavy atom. The molecule has 0 aliphatic carbocycles. The van der Waals surface area contributed by atoms with Gasteiger partial charge >= 0.3 is 0 Å². The van der Waals surface area contributed by atoms with E-state index < -0.39 is 5.91 Å². The van der Waals surface area contributed by atoms with E-state index in [4.69, 9.17) is 14.7 Å². The number of carbonyl (C=O) groups is 1. The van der Waals surface area contributed by atoms with Crippen LogP contribution in [0.1, 0.15) is 23.6 Å². The van der Waals surface area contributed by atoms with Crippen LogP contribution in [0.25, 0.3) is 6.08 Å². The first-order chi connectivity index (χ1) is 14.5. The highest BCUT2D eigenvalue weighted by Crippen LogP contribution is 2.34. The van der Waals surface area contributed by atoms with Crippen molar-refractivity contribution in [2.45, 2.75) is 20.3 Å². The molecule has 2 aromatic rings. The fourth-order valence-corrected chi connectivity index (χ4v) is 2.76. The third-order valence-electron chi connectivity index (χ3n) is 4.08. The maximum atomic E-state index is 12.6. The van der Waals surface area contributed by atoms with Gasteiger partial charge in [-0.05, 0) is 56.2 Å². The summed E-state index contributed by atoms with van der Waals surface area (Å²) in [5.74, 6) is 0.391. The van der Waals surface area contributed by atoms with Crippen molar-refractivity contribution in [2.24, 2.45) is 0 Å². The summed E-state index contributed by atoms with van der Waals surface area (Å²) in [5.41, 5.74) is 2.98. The Morgan fingerprint density at radius 1 is 1.20 bits per heavy atom. The number of allylic oxidation sites excluding steroid dienone is 1. The highest BCUT2D eigenvalue weighted by molar-refractivity contribution is 6.09. The van der Waals surface area contributed by atoms with E-state index in [0.29, 0.717) is 35.8 Å². The van der Waals surface area contributed by atoms with Crippen molar-refractivity contribution < 1.29 is 14.3 Å². The number of nitriles is 2. The second-order valence-corrected chi connectivity index (χ2v) is 6.37. The van der Waals surface area contributed by atoms with E-state index >= 15 is 0 Å². The van der Waals surface area contributed by atoms with Gasteiger partial charge in [-0.15, -0.1) is 6.58 Å². The number of carbonyl (C=O) groups excluding carboxylic acids is 1. The van der Waals surface area contributed by atoms with Gasteiger partial charge in [0.2, 0.25) is 0 Å². The van der Waals surface area contributed by atoms with Crippen LogP contribution in [0.3, 0.4) is 0 Å². The summed E-state index contributed by atoms with van der Waals surface area (Å²) in [7, 11) is 0. The lowest BCUT2D eigenvalue weighted by Gasteiger charge is -2.15. The van der Waals surface area contributed by atoms with Crippen molar-refractivity contribution in [3.8, 4) is 23.6 Å². The molecule has 0 saturated carbocycles. The number of hydrogen-bond donors (Lipinski definition) is 1. The third-order valence-corrected chi connectivity index (χ3v) is 4.08. The average molecular weight is 401 g/mol. The number of benzene rings is 2. The monoisotopic (exact) mass is 401 g/mol. The number of nitrogens with one attached hydrogen (secondary N) is 1. The maximum absolute atomic E-state index is 12.6. The quantitative estimate of drug-likeness (QED) is 0.377. The molecule has 1 amide bonds. The Hall–Kier alpha value is -4.03. The van der Waals surface area contributed by atoms with Crippen molar-refractivity contribution in [1.82, 2.24) is 0 Å². The number of anilines is 1. The van der Waals surface area contributed by atoms with Crippen molar-refractivity contribution in [2.75, 3.05) is 18.5 Å².